The molecule has 2 amide bonds. The van der Waals surface area contributed by atoms with Crippen LogP contribution >= 0.6 is 0 Å². The predicted octanol–water partition coefficient (Wildman–Crippen LogP) is 1.53. The fourth-order valence-electron chi connectivity index (χ4n) is 1.31. The number of hydrazine groups is 1. The summed E-state index contributed by atoms with van der Waals surface area (Å²) < 4.78 is 0. The van der Waals surface area contributed by atoms with Gasteiger partial charge in [0.2, 0.25) is 0 Å². The van der Waals surface area contributed by atoms with Crippen LogP contribution in [0.15, 0.2) is 42.9 Å². The lowest BCUT2D eigenvalue weighted by molar-refractivity contribution is -0.384. The van der Waals surface area contributed by atoms with Gasteiger partial charge in [-0.3, -0.25) is 20.5 Å². The number of urea groups is 1. The molecule has 0 bridgehead atoms. The molecule has 0 fully saturated rings. The Labute approximate surface area is 113 Å². The van der Waals surface area contributed by atoms with Gasteiger partial charge in [0.1, 0.15) is 0 Å². The number of non-ortho nitro benzene ring substituents is 1. The van der Waals surface area contributed by atoms with Gasteiger partial charge < -0.3 is 5.32 Å². The fourth-order valence-corrected chi connectivity index (χ4v) is 1.31. The molecule has 1 aromatic carbocycles. The van der Waals surface area contributed by atoms with E-state index in [2.05, 4.69) is 26.1 Å². The first-order valence-corrected chi connectivity index (χ1v) is 5.48. The topological polar surface area (TPSA) is 122 Å². The molecule has 1 aromatic heterocycles. The normalized spacial score (nSPS) is 9.60. The van der Waals surface area contributed by atoms with Crippen LogP contribution in [0.1, 0.15) is 0 Å². The Bertz CT molecular complexity index is 601. The number of carbonyl (C=O) groups excluding carboxylic acids is 1. The quantitative estimate of drug-likeness (QED) is 0.574. The Morgan fingerprint density at radius 3 is 2.55 bits per heavy atom. The molecule has 0 spiro atoms. The zero-order valence-corrected chi connectivity index (χ0v) is 10.1. The van der Waals surface area contributed by atoms with Crippen molar-refractivity contribution in [2.24, 2.45) is 0 Å². The number of anilines is 2. The van der Waals surface area contributed by atoms with E-state index in [9.17, 15) is 14.9 Å². The van der Waals surface area contributed by atoms with E-state index in [0.717, 1.165) is 0 Å². The summed E-state index contributed by atoms with van der Waals surface area (Å²) in [6.45, 7) is 0. The molecule has 0 saturated heterocycles. The predicted molar refractivity (Wildman–Crippen MR) is 70.9 cm³/mol. The maximum atomic E-state index is 11.5. The van der Waals surface area contributed by atoms with Crippen molar-refractivity contribution < 1.29 is 9.72 Å². The Morgan fingerprint density at radius 1 is 1.20 bits per heavy atom. The minimum atomic E-state index is -0.537. The third-order valence-corrected chi connectivity index (χ3v) is 2.20. The van der Waals surface area contributed by atoms with Crippen molar-refractivity contribution in [1.29, 1.82) is 0 Å². The van der Waals surface area contributed by atoms with E-state index >= 15 is 0 Å². The van der Waals surface area contributed by atoms with Crippen LogP contribution in [0.5, 0.6) is 0 Å². The van der Waals surface area contributed by atoms with Crippen LogP contribution in [0.2, 0.25) is 0 Å². The molecule has 0 aliphatic carbocycles. The summed E-state index contributed by atoms with van der Waals surface area (Å²) >= 11 is 0. The van der Waals surface area contributed by atoms with Crippen molar-refractivity contribution in [1.82, 2.24) is 15.4 Å². The van der Waals surface area contributed by atoms with E-state index in [4.69, 9.17) is 0 Å². The smallest absolute Gasteiger partial charge is 0.307 e. The molecule has 3 N–H and O–H groups in total. The molecule has 0 saturated carbocycles. The molecule has 2 aromatic rings. The van der Waals surface area contributed by atoms with Crippen LogP contribution in [0.25, 0.3) is 0 Å². The summed E-state index contributed by atoms with van der Waals surface area (Å²) in [4.78, 5) is 29.2. The molecule has 0 aliphatic heterocycles. The summed E-state index contributed by atoms with van der Waals surface area (Å²) in [5, 5.41) is 13.0. The fraction of sp³-hybridized carbons (Fsp3) is 0. The van der Waals surface area contributed by atoms with Crippen LogP contribution in [0.4, 0.5) is 22.0 Å². The largest absolute Gasteiger partial charge is 0.337 e. The minimum absolute atomic E-state index is 0.0476. The number of amides is 2. The highest BCUT2D eigenvalue weighted by molar-refractivity contribution is 5.89. The SMILES string of the molecule is O=C(NNc1cnccn1)Nc1ccc([N+](=O)[O-])cc1. The van der Waals surface area contributed by atoms with Crippen LogP contribution in [0.3, 0.4) is 0 Å². The van der Waals surface area contributed by atoms with Crippen LogP contribution in [-0.2, 0) is 0 Å². The van der Waals surface area contributed by atoms with Gasteiger partial charge >= 0.3 is 6.03 Å². The average molecular weight is 274 g/mol. The number of hydrogen-bond acceptors (Lipinski definition) is 6. The summed E-state index contributed by atoms with van der Waals surface area (Å²) in [6.07, 6.45) is 4.41. The van der Waals surface area contributed by atoms with Crippen molar-refractivity contribution in [3.8, 4) is 0 Å². The van der Waals surface area contributed by atoms with Gasteiger partial charge in [0, 0.05) is 30.2 Å². The molecule has 2 rings (SSSR count). The first kappa shape index (κ1) is 13.2. The minimum Gasteiger partial charge on any atom is -0.307 e. The molecule has 0 unspecified atom stereocenters. The van der Waals surface area contributed by atoms with E-state index in [1.807, 2.05) is 0 Å². The van der Waals surface area contributed by atoms with Crippen molar-refractivity contribution in [2.75, 3.05) is 10.7 Å². The zero-order valence-electron chi connectivity index (χ0n) is 10.1. The van der Waals surface area contributed by atoms with Crippen LogP contribution in [0, 0.1) is 10.1 Å². The molecular weight excluding hydrogens is 264 g/mol. The lowest BCUT2D eigenvalue weighted by Gasteiger charge is -2.08. The number of aromatic nitrogens is 2. The number of nitro groups is 1. The molecule has 0 aliphatic rings. The van der Waals surface area contributed by atoms with E-state index in [1.165, 1.54) is 42.9 Å². The average Bonchev–Trinajstić information content (AvgIpc) is 2.47. The molecule has 1 heterocycles. The van der Waals surface area contributed by atoms with E-state index < -0.39 is 11.0 Å². The number of nitrogens with zero attached hydrogens (tertiary/aromatic N) is 3. The summed E-state index contributed by atoms with van der Waals surface area (Å²) in [5.74, 6) is 0.381. The van der Waals surface area contributed by atoms with E-state index in [-0.39, 0.29) is 5.69 Å². The highest BCUT2D eigenvalue weighted by Crippen LogP contribution is 2.15. The van der Waals surface area contributed by atoms with E-state index in [1.54, 1.807) is 0 Å². The highest BCUT2D eigenvalue weighted by atomic mass is 16.6. The Balaban J connectivity index is 1.86. The summed E-state index contributed by atoms with van der Waals surface area (Å²) in [7, 11) is 0. The van der Waals surface area contributed by atoms with Gasteiger partial charge in [0.05, 0.1) is 11.1 Å². The Morgan fingerprint density at radius 2 is 1.95 bits per heavy atom. The van der Waals surface area contributed by atoms with Crippen molar-refractivity contribution in [2.45, 2.75) is 0 Å². The molecule has 0 radical (unpaired) electrons. The van der Waals surface area contributed by atoms with Crippen molar-refractivity contribution >= 4 is 23.2 Å². The number of carbonyl (C=O) groups is 1. The standard InChI is InChI=1S/C11H10N6O3/c18-11(16-15-10-7-12-5-6-13-10)14-8-1-3-9(4-2-8)17(19)20/h1-7H,(H,13,15)(H2,14,16,18). The lowest BCUT2D eigenvalue weighted by atomic mass is 10.3. The van der Waals surface area contributed by atoms with Gasteiger partial charge in [0.15, 0.2) is 5.82 Å². The molecule has 20 heavy (non-hydrogen) atoms. The number of benzene rings is 1. The Hall–Kier alpha value is -3.23. The number of nitrogens with one attached hydrogen (secondary N) is 3. The van der Waals surface area contributed by atoms with Crippen molar-refractivity contribution in [3.05, 3.63) is 53.0 Å². The number of nitro benzene ring substituents is 1. The van der Waals surface area contributed by atoms with Crippen LogP contribution in [-0.4, -0.2) is 20.9 Å². The molecule has 9 heteroatoms. The monoisotopic (exact) mass is 274 g/mol. The molecule has 0 atom stereocenters. The second-order valence-electron chi connectivity index (χ2n) is 3.60. The third kappa shape index (κ3) is 3.63. The van der Waals surface area contributed by atoms with Gasteiger partial charge in [0.25, 0.3) is 5.69 Å². The second kappa shape index (κ2) is 6.09. The summed E-state index contributed by atoms with van der Waals surface area (Å²) in [6, 6.07) is 4.92. The zero-order chi connectivity index (χ0) is 14.4. The van der Waals surface area contributed by atoms with Crippen molar-refractivity contribution in [3.63, 3.8) is 0 Å². The van der Waals surface area contributed by atoms with Gasteiger partial charge in [-0.15, -0.1) is 0 Å². The van der Waals surface area contributed by atoms with Crippen LogP contribution < -0.4 is 16.2 Å². The lowest BCUT2D eigenvalue weighted by Crippen LogP contribution is -2.33. The van der Waals surface area contributed by atoms with Gasteiger partial charge in [-0.05, 0) is 12.1 Å². The Kier molecular flexibility index (Phi) is 4.02. The summed E-state index contributed by atoms with van der Waals surface area (Å²) in [5.41, 5.74) is 5.28. The van der Waals surface area contributed by atoms with Gasteiger partial charge in [-0.1, -0.05) is 0 Å². The highest BCUT2D eigenvalue weighted by Gasteiger charge is 2.06. The molecule has 9 nitrogen and oxygen atoms in total. The molecule has 102 valence electrons. The van der Waals surface area contributed by atoms with Gasteiger partial charge in [-0.2, -0.15) is 0 Å². The molecular formula is C11H10N6O3. The first-order chi connectivity index (χ1) is 9.65. The maximum absolute atomic E-state index is 11.5. The van der Waals surface area contributed by atoms with Gasteiger partial charge in [-0.25, -0.2) is 15.2 Å². The third-order valence-electron chi connectivity index (χ3n) is 2.20. The number of rotatable bonds is 4. The van der Waals surface area contributed by atoms with E-state index in [0.29, 0.717) is 11.5 Å². The second-order valence-corrected chi connectivity index (χ2v) is 3.60. The maximum Gasteiger partial charge on any atom is 0.337 e. The first-order valence-electron chi connectivity index (χ1n) is 5.48. The number of hydrogen-bond donors (Lipinski definition) is 3.